The molecule has 0 saturated heterocycles. The first-order valence-electron chi connectivity index (χ1n) is 7.09. The van der Waals surface area contributed by atoms with Crippen molar-refractivity contribution in [2.45, 2.75) is 76.7 Å². The van der Waals surface area contributed by atoms with Crippen molar-refractivity contribution in [3.8, 4) is 0 Å². The lowest BCUT2D eigenvalue weighted by Gasteiger charge is -2.34. The highest BCUT2D eigenvalue weighted by Crippen LogP contribution is 2.37. The minimum atomic E-state index is -0.973. The lowest BCUT2D eigenvalue weighted by molar-refractivity contribution is 0.476. The van der Waals surface area contributed by atoms with Gasteiger partial charge in [-0.25, -0.2) is 0 Å². The average Bonchev–Trinajstić information content (AvgIpc) is 2.16. The van der Waals surface area contributed by atoms with Crippen LogP contribution < -0.4 is 0 Å². The van der Waals surface area contributed by atoms with Crippen LogP contribution in [0.3, 0.4) is 0 Å². The summed E-state index contributed by atoms with van der Waals surface area (Å²) in [6, 6.07) is 2.88. The van der Waals surface area contributed by atoms with E-state index in [4.69, 9.17) is 4.12 Å². The maximum atomic E-state index is 6.40. The van der Waals surface area contributed by atoms with E-state index in [0.29, 0.717) is 5.04 Å². The monoisotopic (exact) mass is 276 g/mol. The van der Waals surface area contributed by atoms with Gasteiger partial charge in [0, 0.05) is 10.2 Å². The molecule has 0 N–H and O–H groups in total. The van der Waals surface area contributed by atoms with Crippen LogP contribution in [-0.4, -0.2) is 28.3 Å². The topological polar surface area (TPSA) is 9.23 Å². The van der Waals surface area contributed by atoms with Gasteiger partial charge in [-0.2, -0.15) is 0 Å². The molecule has 0 aliphatic carbocycles. The molecule has 0 radical (unpaired) electrons. The van der Waals surface area contributed by atoms with Gasteiger partial charge in [0.15, 0.2) is 18.1 Å². The zero-order valence-corrected chi connectivity index (χ0v) is 16.6. The van der Waals surface area contributed by atoms with Crippen molar-refractivity contribution in [2.75, 3.05) is 0 Å². The molecule has 0 aromatic heterocycles. The maximum absolute atomic E-state index is 6.40. The molecule has 0 aliphatic heterocycles. The molecule has 0 saturated carbocycles. The summed E-state index contributed by atoms with van der Waals surface area (Å²) in [6.45, 7) is 11.9. The quantitative estimate of drug-likeness (QED) is 0.465. The lowest BCUT2D eigenvalue weighted by Crippen LogP contribution is -2.35. The van der Waals surface area contributed by atoms with Gasteiger partial charge in [-0.15, -0.1) is 0 Å². The van der Waals surface area contributed by atoms with E-state index in [2.05, 4.69) is 33.9 Å². The molecule has 1 unspecified atom stereocenters. The van der Waals surface area contributed by atoms with Gasteiger partial charge >= 0.3 is 0 Å². The second-order valence-electron chi connectivity index (χ2n) is 5.91. The number of hydrogen-bond donors (Lipinski definition) is 0. The highest BCUT2D eigenvalue weighted by molar-refractivity contribution is 6.66. The predicted octanol–water partition coefficient (Wildman–Crippen LogP) is 2.85. The average molecular weight is 277 g/mol. The van der Waals surface area contributed by atoms with E-state index in [1.54, 1.807) is 0 Å². The molecule has 4 heteroatoms. The van der Waals surface area contributed by atoms with Crippen molar-refractivity contribution in [3.63, 3.8) is 0 Å². The van der Waals surface area contributed by atoms with E-state index in [-0.39, 0.29) is 0 Å². The van der Waals surface area contributed by atoms with Crippen molar-refractivity contribution in [1.82, 2.24) is 0 Å². The number of unbranched alkanes of at least 4 members (excludes halogenated alkanes) is 1. The largest absolute Gasteiger partial charge is 0.460 e. The maximum Gasteiger partial charge on any atom is 0.168 e. The van der Waals surface area contributed by atoms with Crippen molar-refractivity contribution >= 4 is 28.3 Å². The van der Waals surface area contributed by atoms with E-state index in [1.807, 2.05) is 0 Å². The van der Waals surface area contributed by atoms with Gasteiger partial charge in [0.25, 0.3) is 0 Å². The minimum absolute atomic E-state index is 0.511. The van der Waals surface area contributed by atoms with Crippen LogP contribution in [0.15, 0.2) is 0 Å². The highest BCUT2D eigenvalue weighted by atomic mass is 28.4. The van der Waals surface area contributed by atoms with Crippen LogP contribution in [0.25, 0.3) is 0 Å². The summed E-state index contributed by atoms with van der Waals surface area (Å²) in [5.41, 5.74) is 0. The predicted molar refractivity (Wildman–Crippen MR) is 84.8 cm³/mol. The van der Waals surface area contributed by atoms with Crippen LogP contribution in [0.1, 0.15) is 46.5 Å². The van der Waals surface area contributed by atoms with Crippen LogP contribution in [0.2, 0.25) is 30.2 Å². The Morgan fingerprint density at radius 2 is 1.81 bits per heavy atom. The van der Waals surface area contributed by atoms with Gasteiger partial charge in [0.2, 0.25) is 0 Å². The Morgan fingerprint density at radius 1 is 1.19 bits per heavy atom. The molecule has 98 valence electrons. The molecule has 0 aromatic carbocycles. The van der Waals surface area contributed by atoms with Crippen molar-refractivity contribution in [2.24, 2.45) is 0 Å². The normalized spacial score (nSPS) is 14.6. The van der Waals surface area contributed by atoms with Gasteiger partial charge in [-0.3, -0.25) is 0 Å². The van der Waals surface area contributed by atoms with E-state index >= 15 is 0 Å². The fourth-order valence-electron chi connectivity index (χ4n) is 2.36. The van der Waals surface area contributed by atoms with Gasteiger partial charge in [0.1, 0.15) is 0 Å². The summed E-state index contributed by atoms with van der Waals surface area (Å²) >= 11 is 0. The summed E-state index contributed by atoms with van der Waals surface area (Å²) in [4.78, 5) is 0. The third-order valence-corrected chi connectivity index (χ3v) is 10.4. The standard InChI is InChI=1S/C12H32OSi3/c1-6-9-12(2,3)16(13-15(4)5)11-8-7-10-14/h15-16H,6-11H2,1-5,14H3. The fraction of sp³-hybridized carbons (Fsp3) is 1.00. The molecule has 0 aliphatic rings. The Balaban J connectivity index is 4.27. The Labute approximate surface area is 109 Å². The lowest BCUT2D eigenvalue weighted by atomic mass is 10.1. The molecule has 1 nitrogen and oxygen atoms in total. The molecule has 0 heterocycles. The van der Waals surface area contributed by atoms with E-state index in [0.717, 1.165) is 0 Å². The first-order chi connectivity index (χ1) is 7.44. The molecule has 1 atom stereocenters. The first kappa shape index (κ1) is 16.6. The number of rotatable bonds is 9. The summed E-state index contributed by atoms with van der Waals surface area (Å²) in [5, 5.41) is 0.511. The van der Waals surface area contributed by atoms with E-state index < -0.39 is 18.1 Å². The van der Waals surface area contributed by atoms with Crippen molar-refractivity contribution in [3.05, 3.63) is 0 Å². The molecule has 0 amide bonds. The fourth-order valence-corrected chi connectivity index (χ4v) is 9.55. The van der Waals surface area contributed by atoms with Crippen LogP contribution in [0, 0.1) is 0 Å². The SMILES string of the molecule is CCCC(C)(C)[SiH](CCCC[SiH3])O[SiH](C)C. The van der Waals surface area contributed by atoms with Crippen LogP contribution in [-0.2, 0) is 4.12 Å². The minimum Gasteiger partial charge on any atom is -0.460 e. The zero-order chi connectivity index (χ0) is 12.6. The summed E-state index contributed by atoms with van der Waals surface area (Å²) in [5.74, 6) is 0. The van der Waals surface area contributed by atoms with Crippen LogP contribution >= 0.6 is 0 Å². The van der Waals surface area contributed by atoms with Crippen LogP contribution in [0.4, 0.5) is 0 Å². The summed E-state index contributed by atoms with van der Waals surface area (Å²) < 4.78 is 6.40. The molecular formula is C12H32OSi3. The second-order valence-corrected chi connectivity index (χ2v) is 13.2. The Kier molecular flexibility index (Phi) is 9.00. The van der Waals surface area contributed by atoms with E-state index in [1.165, 1.54) is 48.0 Å². The smallest absolute Gasteiger partial charge is 0.168 e. The van der Waals surface area contributed by atoms with Crippen molar-refractivity contribution in [1.29, 1.82) is 0 Å². The molecule has 0 bridgehead atoms. The van der Waals surface area contributed by atoms with Crippen LogP contribution in [0.5, 0.6) is 0 Å². The Bertz CT molecular complexity index is 172. The molecule has 0 aromatic rings. The molecular weight excluding hydrogens is 244 g/mol. The molecule has 0 rings (SSSR count). The highest BCUT2D eigenvalue weighted by Gasteiger charge is 2.31. The zero-order valence-electron chi connectivity index (χ0n) is 12.3. The Hall–Kier alpha value is 0.611. The first-order valence-corrected chi connectivity index (χ1v) is 13.2. The number of hydrogen-bond acceptors (Lipinski definition) is 1. The molecule has 16 heavy (non-hydrogen) atoms. The third-order valence-electron chi connectivity index (χ3n) is 3.27. The summed E-state index contributed by atoms with van der Waals surface area (Å²) in [7, 11) is -0.436. The third kappa shape index (κ3) is 7.04. The molecule has 0 fully saturated rings. The van der Waals surface area contributed by atoms with E-state index in [9.17, 15) is 0 Å². The van der Waals surface area contributed by atoms with Crippen molar-refractivity contribution < 1.29 is 4.12 Å². The van der Waals surface area contributed by atoms with Gasteiger partial charge in [0.05, 0.1) is 0 Å². The summed E-state index contributed by atoms with van der Waals surface area (Å²) in [6.07, 6.45) is 5.53. The second kappa shape index (κ2) is 8.67. The van der Waals surface area contributed by atoms with Gasteiger partial charge in [-0.1, -0.05) is 46.1 Å². The van der Waals surface area contributed by atoms with Gasteiger partial charge in [-0.05, 0) is 30.6 Å². The Morgan fingerprint density at radius 3 is 2.25 bits per heavy atom. The van der Waals surface area contributed by atoms with Gasteiger partial charge < -0.3 is 4.12 Å². The molecule has 0 spiro atoms.